The Morgan fingerprint density at radius 3 is 2.44 bits per heavy atom. The maximum atomic E-state index is 15.0. The van der Waals surface area contributed by atoms with Crippen molar-refractivity contribution < 1.29 is 31.5 Å². The molecule has 5 aliphatic rings. The molecule has 3 aromatic rings. The number of hydrogen-bond acceptors (Lipinski definition) is 6. The van der Waals surface area contributed by atoms with Gasteiger partial charge >= 0.3 is 0 Å². The van der Waals surface area contributed by atoms with Gasteiger partial charge < -0.3 is 14.2 Å². The zero-order valence-electron chi connectivity index (χ0n) is 27.5. The number of methoxy groups -OCH3 is 1. The molecule has 4 atom stereocenters. The highest BCUT2D eigenvalue weighted by molar-refractivity contribution is 7.90. The van der Waals surface area contributed by atoms with Gasteiger partial charge in [0.05, 0.1) is 18.2 Å². The third-order valence-electron chi connectivity index (χ3n) is 12.2. The number of sulfonamides is 1. The lowest BCUT2D eigenvalue weighted by molar-refractivity contribution is -0.133. The van der Waals surface area contributed by atoms with E-state index < -0.39 is 33.5 Å². The summed E-state index contributed by atoms with van der Waals surface area (Å²) in [6, 6.07) is 11.4. The number of benzene rings is 2. The average Bonchev–Trinajstić information content (AvgIpc) is 3.63. The number of amides is 1. The fourth-order valence-electron chi connectivity index (χ4n) is 10.1. The number of halogens is 2. The predicted molar refractivity (Wildman–Crippen MR) is 179 cm³/mol. The number of rotatable bonds is 8. The van der Waals surface area contributed by atoms with Crippen LogP contribution in [-0.4, -0.2) is 69.0 Å². The van der Waals surface area contributed by atoms with Crippen LogP contribution in [0, 0.1) is 23.2 Å². The molecule has 1 N–H and O–H groups in total. The van der Waals surface area contributed by atoms with Crippen molar-refractivity contribution in [3.63, 3.8) is 0 Å². The van der Waals surface area contributed by atoms with Gasteiger partial charge in [-0.3, -0.25) is 9.59 Å². The largest absolute Gasteiger partial charge is 0.497 e. The first-order valence-electron chi connectivity index (χ1n) is 17.4. The van der Waals surface area contributed by atoms with E-state index in [-0.39, 0.29) is 17.4 Å². The molecule has 2 aliphatic heterocycles. The van der Waals surface area contributed by atoms with E-state index in [1.54, 1.807) is 19.2 Å². The van der Waals surface area contributed by atoms with Gasteiger partial charge in [-0.05, 0) is 98.4 Å². The van der Waals surface area contributed by atoms with Crippen LogP contribution in [0.15, 0.2) is 36.4 Å². The monoisotopic (exact) mass is 679 g/mol. The van der Waals surface area contributed by atoms with Crippen LogP contribution in [-0.2, 0) is 21.4 Å². The summed E-state index contributed by atoms with van der Waals surface area (Å²) in [5.41, 5.74) is 4.77. The smallest absolute Gasteiger partial charge is 0.264 e. The number of carbonyl (C=O) groups excluding carboxylic acids is 2. The summed E-state index contributed by atoms with van der Waals surface area (Å²) in [7, 11) is -0.710. The van der Waals surface area contributed by atoms with Crippen molar-refractivity contribution >= 4 is 32.6 Å². The van der Waals surface area contributed by atoms with Crippen LogP contribution in [0.3, 0.4) is 0 Å². The summed E-state index contributed by atoms with van der Waals surface area (Å²) < 4.78 is 60.3. The van der Waals surface area contributed by atoms with Crippen LogP contribution in [0.25, 0.3) is 22.2 Å². The first-order chi connectivity index (χ1) is 23.0. The van der Waals surface area contributed by atoms with E-state index in [2.05, 4.69) is 28.6 Å². The number of fused-ring (bicyclic) bond motifs is 9. The van der Waals surface area contributed by atoms with Gasteiger partial charge in [0.1, 0.15) is 17.3 Å². The summed E-state index contributed by atoms with van der Waals surface area (Å²) in [6.07, 6.45) is 5.32. The van der Waals surface area contributed by atoms with E-state index in [1.807, 2.05) is 16.9 Å². The number of ether oxygens (including phenoxy) is 1. The molecule has 2 aromatic carbocycles. The van der Waals surface area contributed by atoms with Gasteiger partial charge in [0, 0.05) is 53.5 Å². The highest BCUT2D eigenvalue weighted by Gasteiger charge is 2.65. The molecule has 8 rings (SSSR count). The van der Waals surface area contributed by atoms with Crippen LogP contribution in [0.1, 0.15) is 84.7 Å². The molecule has 1 saturated heterocycles. The number of nitrogens with one attached hydrogen (secondary N) is 1. The van der Waals surface area contributed by atoms with Crippen molar-refractivity contribution in [1.82, 2.24) is 14.2 Å². The molecule has 1 amide bonds. The van der Waals surface area contributed by atoms with Crippen LogP contribution in [0.2, 0.25) is 0 Å². The molecule has 4 fully saturated rings. The zero-order chi connectivity index (χ0) is 33.5. The van der Waals surface area contributed by atoms with Crippen molar-refractivity contribution in [2.24, 2.45) is 23.2 Å². The predicted octanol–water partition coefficient (Wildman–Crippen LogP) is 6.33. The highest BCUT2D eigenvalue weighted by Crippen LogP contribution is 2.68. The quantitative estimate of drug-likeness (QED) is 0.299. The molecule has 4 unspecified atom stereocenters. The van der Waals surface area contributed by atoms with Crippen molar-refractivity contribution in [2.75, 3.05) is 33.0 Å². The number of Topliss-reactive ketones (excluding diaryl/α,β-unsaturated/α-hetero) is 1. The maximum Gasteiger partial charge on any atom is 0.264 e. The van der Waals surface area contributed by atoms with Crippen LogP contribution in [0.4, 0.5) is 8.78 Å². The topological polar surface area (TPSA) is 97.7 Å². The van der Waals surface area contributed by atoms with Crippen molar-refractivity contribution in [1.29, 1.82) is 0 Å². The number of ketones is 1. The summed E-state index contributed by atoms with van der Waals surface area (Å²) in [6.45, 7) is 2.36. The lowest BCUT2D eigenvalue weighted by atomic mass is 9.75. The van der Waals surface area contributed by atoms with Crippen LogP contribution < -0.4 is 9.46 Å². The Hall–Kier alpha value is -3.31. The van der Waals surface area contributed by atoms with Crippen molar-refractivity contribution in [2.45, 2.75) is 76.2 Å². The molecule has 3 saturated carbocycles. The van der Waals surface area contributed by atoms with Gasteiger partial charge in [-0.2, -0.15) is 0 Å². The SMILES string of the molecule is COc1ccc2c(c1)C1CC1(C(=O)C1C3CCC1CN(C)C3)Cn1c-2c(C2CCCCC2)c2ccc(C(=O)NS(=O)(=O)CC(F)F)cc21. The van der Waals surface area contributed by atoms with E-state index in [1.165, 1.54) is 12.0 Å². The number of alkyl halides is 2. The lowest BCUT2D eigenvalue weighted by Crippen LogP contribution is -2.45. The number of likely N-dealkylation sites (tertiary alicyclic amines) is 1. The minimum absolute atomic E-state index is 0.0304. The zero-order valence-corrected chi connectivity index (χ0v) is 28.3. The molecule has 8 nitrogen and oxygen atoms in total. The van der Waals surface area contributed by atoms with Gasteiger partial charge in [0.25, 0.3) is 12.3 Å². The van der Waals surface area contributed by atoms with E-state index in [0.29, 0.717) is 30.1 Å². The minimum atomic E-state index is -4.52. The number of carbonyl (C=O) groups is 2. The Bertz CT molecular complexity index is 1900. The lowest BCUT2D eigenvalue weighted by Gasteiger charge is -2.37. The second kappa shape index (κ2) is 11.6. The second-order valence-electron chi connectivity index (χ2n) is 15.1. The molecule has 256 valence electrons. The maximum absolute atomic E-state index is 15.0. The first-order valence-corrected chi connectivity index (χ1v) is 19.0. The van der Waals surface area contributed by atoms with Crippen molar-refractivity contribution in [3.05, 3.63) is 53.1 Å². The molecule has 0 spiro atoms. The Labute approximate surface area is 280 Å². The highest BCUT2D eigenvalue weighted by atomic mass is 32.2. The average molecular weight is 680 g/mol. The third-order valence-corrected chi connectivity index (χ3v) is 13.4. The number of nitrogens with zero attached hydrogens (tertiary/aromatic N) is 2. The Kier molecular flexibility index (Phi) is 7.75. The van der Waals surface area contributed by atoms with Gasteiger partial charge in [0.15, 0.2) is 0 Å². The summed E-state index contributed by atoms with van der Waals surface area (Å²) >= 11 is 0. The molecule has 3 heterocycles. The number of hydrogen-bond donors (Lipinski definition) is 1. The van der Waals surface area contributed by atoms with E-state index >= 15 is 4.79 Å². The normalized spacial score (nSPS) is 28.4. The van der Waals surface area contributed by atoms with Crippen LogP contribution in [0.5, 0.6) is 5.75 Å². The van der Waals surface area contributed by atoms with Crippen LogP contribution >= 0.6 is 0 Å². The third kappa shape index (κ3) is 5.18. The van der Waals surface area contributed by atoms with Gasteiger partial charge in [-0.25, -0.2) is 21.9 Å². The molecule has 48 heavy (non-hydrogen) atoms. The van der Waals surface area contributed by atoms with E-state index in [4.69, 9.17) is 4.74 Å². The van der Waals surface area contributed by atoms with Gasteiger partial charge in [-0.1, -0.05) is 25.3 Å². The van der Waals surface area contributed by atoms with E-state index in [9.17, 15) is 22.0 Å². The first kappa shape index (κ1) is 31.9. The molecule has 3 aliphatic carbocycles. The molecule has 11 heteroatoms. The van der Waals surface area contributed by atoms with E-state index in [0.717, 1.165) is 91.5 Å². The number of aromatic nitrogens is 1. The standard InChI is InChI=1S/C37H43F2N3O5S/c1-41-17-23-8-9-24(18-41)32(23)35(43)37-16-29(37)28-15-25(47-2)11-13-26(28)34-33(21-6-4-3-5-7-21)27-12-10-22(14-30(27)42(34)20-37)36(44)40-48(45,46)19-31(38)39/h10-15,21,23-24,29,31-32H,3-9,16-20H2,1-2H3,(H,40,44). The molecule has 1 aromatic heterocycles. The second-order valence-corrected chi connectivity index (χ2v) is 16.9. The molecule has 0 radical (unpaired) electrons. The molecular formula is C37H43F2N3O5S. The molecule has 2 bridgehead atoms. The van der Waals surface area contributed by atoms with Crippen molar-refractivity contribution in [3.8, 4) is 17.0 Å². The fraction of sp³-hybridized carbons (Fsp3) is 0.568. The fourth-order valence-corrected chi connectivity index (χ4v) is 10.9. The Morgan fingerprint density at radius 2 is 1.75 bits per heavy atom. The summed E-state index contributed by atoms with van der Waals surface area (Å²) in [4.78, 5) is 30.6. The van der Waals surface area contributed by atoms with Gasteiger partial charge in [-0.15, -0.1) is 0 Å². The Morgan fingerprint density at radius 1 is 1.02 bits per heavy atom. The number of piperidine rings is 1. The molecular weight excluding hydrogens is 636 g/mol. The minimum Gasteiger partial charge on any atom is -0.497 e. The Balaban J connectivity index is 1.30. The summed E-state index contributed by atoms with van der Waals surface area (Å²) in [5, 5.41) is 0.992. The summed E-state index contributed by atoms with van der Waals surface area (Å²) in [5.74, 6) is -0.177. The van der Waals surface area contributed by atoms with Gasteiger partial charge in [0.2, 0.25) is 10.0 Å².